The van der Waals surface area contributed by atoms with Crippen LogP contribution in [0.4, 0.5) is 0 Å². The Labute approximate surface area is 187 Å². The number of fused-ring (bicyclic) bond motifs is 1. The van der Waals surface area contributed by atoms with Crippen LogP contribution in [0.3, 0.4) is 0 Å². The number of carbonyl (C=O) groups is 2. The average Bonchev–Trinajstić information content (AvgIpc) is 3.26. The molecule has 166 valence electrons. The predicted octanol–water partition coefficient (Wildman–Crippen LogP) is 4.02. The number of phenols is 1. The summed E-state index contributed by atoms with van der Waals surface area (Å²) < 4.78 is 1.90. The topological polar surface area (TPSA) is 82.8 Å². The van der Waals surface area contributed by atoms with Crippen LogP contribution in [0.15, 0.2) is 60.9 Å². The minimum absolute atomic E-state index is 0.0876. The van der Waals surface area contributed by atoms with Gasteiger partial charge in [-0.3, -0.25) is 9.59 Å². The van der Waals surface area contributed by atoms with Crippen molar-refractivity contribution in [1.82, 2.24) is 9.47 Å². The summed E-state index contributed by atoms with van der Waals surface area (Å²) in [5.74, 6) is -0.787. The quantitative estimate of drug-likeness (QED) is 0.616. The van der Waals surface area contributed by atoms with Crippen LogP contribution in [0.2, 0.25) is 0 Å². The van der Waals surface area contributed by atoms with E-state index in [-0.39, 0.29) is 18.1 Å². The van der Waals surface area contributed by atoms with E-state index in [0.717, 1.165) is 27.8 Å². The molecule has 3 aromatic rings. The Morgan fingerprint density at radius 2 is 1.66 bits per heavy atom. The van der Waals surface area contributed by atoms with Crippen LogP contribution in [-0.4, -0.2) is 37.6 Å². The molecule has 6 nitrogen and oxygen atoms in total. The summed E-state index contributed by atoms with van der Waals surface area (Å²) in [4.78, 5) is 27.3. The van der Waals surface area contributed by atoms with Crippen molar-refractivity contribution in [1.29, 1.82) is 0 Å². The minimum atomic E-state index is -0.907. The largest absolute Gasteiger partial charge is 0.508 e. The van der Waals surface area contributed by atoms with Crippen molar-refractivity contribution < 1.29 is 19.8 Å². The highest BCUT2D eigenvalue weighted by Gasteiger charge is 2.35. The summed E-state index contributed by atoms with van der Waals surface area (Å²) in [6.07, 6.45) is 4.65. The Hall–Kier alpha value is -3.54. The number of hydrogen-bond acceptors (Lipinski definition) is 3. The maximum Gasteiger partial charge on any atom is 0.305 e. The third kappa shape index (κ3) is 4.40. The van der Waals surface area contributed by atoms with Crippen LogP contribution in [0, 0.1) is 13.8 Å². The number of phenolic OH excluding ortho intramolecular Hbond substituents is 1. The van der Waals surface area contributed by atoms with Gasteiger partial charge in [-0.25, -0.2) is 0 Å². The molecule has 1 aliphatic heterocycles. The molecule has 32 heavy (non-hydrogen) atoms. The highest BCUT2D eigenvalue weighted by Crippen LogP contribution is 2.31. The van der Waals surface area contributed by atoms with Crippen LogP contribution in [0.5, 0.6) is 5.75 Å². The molecule has 2 aromatic carbocycles. The molecule has 1 amide bonds. The van der Waals surface area contributed by atoms with Gasteiger partial charge in [0.25, 0.3) is 0 Å². The zero-order valence-corrected chi connectivity index (χ0v) is 18.4. The van der Waals surface area contributed by atoms with Gasteiger partial charge in [0.2, 0.25) is 5.91 Å². The van der Waals surface area contributed by atoms with Crippen molar-refractivity contribution >= 4 is 11.9 Å². The van der Waals surface area contributed by atoms with E-state index in [1.807, 2.05) is 67.2 Å². The normalized spacial score (nSPS) is 16.4. The molecule has 2 atom stereocenters. The second kappa shape index (κ2) is 8.91. The molecule has 0 spiro atoms. The molecule has 1 aromatic heterocycles. The third-order valence-electron chi connectivity index (χ3n) is 6.40. The summed E-state index contributed by atoms with van der Waals surface area (Å²) in [6, 6.07) is 14.2. The van der Waals surface area contributed by atoms with Crippen LogP contribution < -0.4 is 0 Å². The van der Waals surface area contributed by atoms with Crippen LogP contribution >= 0.6 is 0 Å². The van der Waals surface area contributed by atoms with Crippen molar-refractivity contribution in [3.8, 4) is 5.75 Å². The first-order valence-electron chi connectivity index (χ1n) is 10.8. The molecule has 0 aliphatic carbocycles. The van der Waals surface area contributed by atoms with Gasteiger partial charge in [-0.05, 0) is 72.4 Å². The lowest BCUT2D eigenvalue weighted by Crippen LogP contribution is -2.48. The molecule has 2 heterocycles. The molecular formula is C26H28N2O4. The number of rotatable bonds is 6. The number of carbonyl (C=O) groups excluding carboxylic acids is 1. The summed E-state index contributed by atoms with van der Waals surface area (Å²) in [5, 5.41) is 19.4. The van der Waals surface area contributed by atoms with E-state index < -0.39 is 18.1 Å². The number of amides is 1. The first kappa shape index (κ1) is 21.7. The van der Waals surface area contributed by atoms with Crippen molar-refractivity contribution in [3.05, 3.63) is 88.7 Å². The Morgan fingerprint density at radius 3 is 2.28 bits per heavy atom. The highest BCUT2D eigenvalue weighted by molar-refractivity contribution is 5.82. The second-order valence-corrected chi connectivity index (χ2v) is 8.60. The van der Waals surface area contributed by atoms with E-state index in [1.165, 1.54) is 0 Å². The van der Waals surface area contributed by atoms with E-state index in [0.29, 0.717) is 19.4 Å². The zero-order chi connectivity index (χ0) is 22.8. The molecule has 1 aliphatic rings. The van der Waals surface area contributed by atoms with Gasteiger partial charge in [-0.15, -0.1) is 0 Å². The van der Waals surface area contributed by atoms with Gasteiger partial charge in [0, 0.05) is 31.4 Å². The van der Waals surface area contributed by atoms with Crippen molar-refractivity contribution in [2.24, 2.45) is 0 Å². The Bertz CT molecular complexity index is 1110. The summed E-state index contributed by atoms with van der Waals surface area (Å²) in [6.45, 7) is 4.27. The number of aliphatic carboxylic acids is 1. The van der Waals surface area contributed by atoms with Gasteiger partial charge < -0.3 is 19.7 Å². The maximum absolute atomic E-state index is 14.0. The van der Waals surface area contributed by atoms with Crippen LogP contribution in [0.1, 0.15) is 40.3 Å². The molecule has 4 rings (SSSR count). The number of hydrogen-bond donors (Lipinski definition) is 2. The fraction of sp³-hybridized carbons (Fsp3) is 0.308. The fourth-order valence-corrected chi connectivity index (χ4v) is 4.78. The average molecular weight is 433 g/mol. The molecular weight excluding hydrogens is 404 g/mol. The maximum atomic E-state index is 14.0. The Kier molecular flexibility index (Phi) is 6.04. The number of aryl methyl sites for hydroxylation is 2. The number of nitrogens with zero attached hydrogens (tertiary/aromatic N) is 2. The smallest absolute Gasteiger partial charge is 0.305 e. The van der Waals surface area contributed by atoms with Crippen molar-refractivity contribution in [2.75, 3.05) is 0 Å². The second-order valence-electron chi connectivity index (χ2n) is 8.60. The zero-order valence-electron chi connectivity index (χ0n) is 18.4. The highest BCUT2D eigenvalue weighted by atomic mass is 16.4. The molecule has 2 N–H and O–H groups in total. The van der Waals surface area contributed by atoms with Crippen LogP contribution in [-0.2, 0) is 29.0 Å². The van der Waals surface area contributed by atoms with Gasteiger partial charge in [-0.2, -0.15) is 0 Å². The Morgan fingerprint density at radius 1 is 1.03 bits per heavy atom. The molecule has 0 fully saturated rings. The number of carboxylic acid groups (broad SMARTS) is 1. The third-order valence-corrected chi connectivity index (χ3v) is 6.40. The van der Waals surface area contributed by atoms with Crippen LogP contribution in [0.25, 0.3) is 0 Å². The SMILES string of the molecule is Cc1cc(O)cc(C)c1C[C@@H](C(=O)N1Cc2ccccc2C[C@H]1CC(=O)O)n1cccc1. The monoisotopic (exact) mass is 432 g/mol. The predicted molar refractivity (Wildman–Crippen MR) is 121 cm³/mol. The van der Waals surface area contributed by atoms with E-state index >= 15 is 0 Å². The number of aromatic hydroxyl groups is 1. The minimum Gasteiger partial charge on any atom is -0.508 e. The van der Waals surface area contributed by atoms with E-state index in [9.17, 15) is 19.8 Å². The molecule has 6 heteroatoms. The summed E-state index contributed by atoms with van der Waals surface area (Å²) in [5.41, 5.74) is 5.04. The first-order valence-corrected chi connectivity index (χ1v) is 10.8. The standard InChI is InChI=1S/C26H28N2O4/c1-17-11-22(29)12-18(2)23(17)15-24(27-9-5-6-10-27)26(32)28-16-20-8-4-3-7-19(20)13-21(28)14-25(30)31/h3-12,21,24,29H,13-16H2,1-2H3,(H,30,31)/t21-,24-/m0/s1. The van der Waals surface area contributed by atoms with Gasteiger partial charge in [0.05, 0.1) is 6.42 Å². The molecule has 0 saturated heterocycles. The molecule has 0 bridgehead atoms. The van der Waals surface area contributed by atoms with Gasteiger partial charge in [0.15, 0.2) is 0 Å². The van der Waals surface area contributed by atoms with E-state index in [1.54, 1.807) is 17.0 Å². The lowest BCUT2D eigenvalue weighted by atomic mass is 9.90. The van der Waals surface area contributed by atoms with E-state index in [4.69, 9.17) is 0 Å². The van der Waals surface area contributed by atoms with Gasteiger partial charge in [-0.1, -0.05) is 24.3 Å². The lowest BCUT2D eigenvalue weighted by Gasteiger charge is -2.38. The fourth-order valence-electron chi connectivity index (χ4n) is 4.78. The van der Waals surface area contributed by atoms with E-state index in [2.05, 4.69) is 0 Å². The van der Waals surface area contributed by atoms with Crippen molar-refractivity contribution in [3.63, 3.8) is 0 Å². The lowest BCUT2D eigenvalue weighted by molar-refractivity contribution is -0.143. The van der Waals surface area contributed by atoms with Crippen molar-refractivity contribution in [2.45, 2.75) is 51.7 Å². The van der Waals surface area contributed by atoms with Gasteiger partial charge in [0.1, 0.15) is 11.8 Å². The Balaban J connectivity index is 1.71. The first-order chi connectivity index (χ1) is 15.3. The molecule has 0 saturated carbocycles. The number of benzene rings is 2. The van der Waals surface area contributed by atoms with Gasteiger partial charge >= 0.3 is 5.97 Å². The molecule has 0 unspecified atom stereocenters. The summed E-state index contributed by atoms with van der Waals surface area (Å²) in [7, 11) is 0. The molecule has 0 radical (unpaired) electrons. The number of aromatic nitrogens is 1. The number of carboxylic acids is 1. The summed E-state index contributed by atoms with van der Waals surface area (Å²) >= 11 is 0.